The van der Waals surface area contributed by atoms with E-state index in [0.717, 1.165) is 17.3 Å². The van der Waals surface area contributed by atoms with Gasteiger partial charge in [-0.1, -0.05) is 19.4 Å². The normalized spacial score (nSPS) is 21.5. The molecule has 0 amide bonds. The molecule has 1 aliphatic heterocycles. The lowest BCUT2D eigenvalue weighted by molar-refractivity contribution is 0.411. The van der Waals surface area contributed by atoms with Crippen LogP contribution in [-0.2, 0) is 0 Å². The third-order valence-electron chi connectivity index (χ3n) is 2.76. The van der Waals surface area contributed by atoms with Crippen molar-refractivity contribution in [3.05, 3.63) is 23.9 Å². The Morgan fingerprint density at radius 1 is 1.47 bits per heavy atom. The van der Waals surface area contributed by atoms with Gasteiger partial charge in [0.05, 0.1) is 5.03 Å². The van der Waals surface area contributed by atoms with Crippen molar-refractivity contribution in [3.8, 4) is 0 Å². The molecule has 82 valence electrons. The fraction of sp³-hybridized carbons (Fsp3) is 0.583. The quantitative estimate of drug-likeness (QED) is 0.796. The summed E-state index contributed by atoms with van der Waals surface area (Å²) in [5, 5.41) is 4.68. The maximum absolute atomic E-state index is 4.47. The van der Waals surface area contributed by atoms with Crippen LogP contribution in [0.2, 0.25) is 0 Å². The number of rotatable bonds is 3. The number of hydrogen-bond donors (Lipinski definition) is 1. The summed E-state index contributed by atoms with van der Waals surface area (Å²) < 4.78 is 0. The molecule has 0 radical (unpaired) electrons. The third-order valence-corrected chi connectivity index (χ3v) is 3.59. The second-order valence-electron chi connectivity index (χ2n) is 3.87. The van der Waals surface area contributed by atoms with Crippen LogP contribution in [0.25, 0.3) is 0 Å². The van der Waals surface area contributed by atoms with Crippen LogP contribution < -0.4 is 5.32 Å². The van der Waals surface area contributed by atoms with Crippen molar-refractivity contribution in [2.75, 3.05) is 12.3 Å². The highest BCUT2D eigenvalue weighted by atomic mass is 32.2. The highest BCUT2D eigenvalue weighted by Gasteiger charge is 2.14. The van der Waals surface area contributed by atoms with E-state index in [4.69, 9.17) is 0 Å². The first-order chi connectivity index (χ1) is 7.40. The molecule has 2 heterocycles. The second kappa shape index (κ2) is 5.52. The lowest BCUT2D eigenvalue weighted by Gasteiger charge is -2.23. The van der Waals surface area contributed by atoms with Gasteiger partial charge in [-0.25, -0.2) is 4.98 Å². The fourth-order valence-corrected chi connectivity index (χ4v) is 2.55. The van der Waals surface area contributed by atoms with Crippen LogP contribution in [-0.4, -0.2) is 17.3 Å². The van der Waals surface area contributed by atoms with E-state index in [1.54, 1.807) is 11.8 Å². The highest BCUT2D eigenvalue weighted by molar-refractivity contribution is 7.99. The maximum Gasteiger partial charge on any atom is 0.0959 e. The molecule has 0 aliphatic carbocycles. The molecule has 2 rings (SSSR count). The van der Waals surface area contributed by atoms with Gasteiger partial charge in [-0.3, -0.25) is 0 Å². The van der Waals surface area contributed by atoms with Gasteiger partial charge in [-0.2, -0.15) is 0 Å². The van der Waals surface area contributed by atoms with E-state index in [2.05, 4.69) is 29.4 Å². The summed E-state index contributed by atoms with van der Waals surface area (Å²) in [6.07, 6.45) is 5.93. The molecule has 0 spiro atoms. The van der Waals surface area contributed by atoms with E-state index in [9.17, 15) is 0 Å². The zero-order chi connectivity index (χ0) is 10.5. The van der Waals surface area contributed by atoms with Gasteiger partial charge in [0.1, 0.15) is 0 Å². The summed E-state index contributed by atoms with van der Waals surface area (Å²) in [7, 11) is 0. The van der Waals surface area contributed by atoms with Gasteiger partial charge in [0, 0.05) is 12.2 Å². The molecule has 2 nitrogen and oxygen atoms in total. The Bertz CT molecular complexity index is 291. The summed E-state index contributed by atoms with van der Waals surface area (Å²) in [4.78, 5) is 4.47. The van der Waals surface area contributed by atoms with Crippen LogP contribution in [0.15, 0.2) is 23.4 Å². The Kier molecular flexibility index (Phi) is 4.03. The Hall–Kier alpha value is -0.540. The van der Waals surface area contributed by atoms with Crippen LogP contribution in [0, 0.1) is 0 Å². The van der Waals surface area contributed by atoms with E-state index in [-0.39, 0.29) is 0 Å². The Morgan fingerprint density at radius 3 is 3.00 bits per heavy atom. The summed E-state index contributed by atoms with van der Waals surface area (Å²) in [5.74, 6) is 1.09. The van der Waals surface area contributed by atoms with Gasteiger partial charge in [0.25, 0.3) is 0 Å². The standard InChI is InChI=1S/C12H18N2S/c1-2-15-12-7-6-10(9-14-12)11-5-3-4-8-13-11/h6-7,9,11,13H,2-5,8H2,1H3/t11-/m0/s1. The van der Waals surface area contributed by atoms with E-state index in [1.807, 2.05) is 6.20 Å². The summed E-state index contributed by atoms with van der Waals surface area (Å²) in [6, 6.07) is 4.89. The van der Waals surface area contributed by atoms with Crippen molar-refractivity contribution >= 4 is 11.8 Å². The summed E-state index contributed by atoms with van der Waals surface area (Å²) in [5.41, 5.74) is 1.34. The van der Waals surface area contributed by atoms with E-state index in [0.29, 0.717) is 6.04 Å². The number of thioether (sulfide) groups is 1. The molecule has 1 saturated heterocycles. The minimum Gasteiger partial charge on any atom is -0.310 e. The number of piperidine rings is 1. The van der Waals surface area contributed by atoms with Crippen LogP contribution in [0.3, 0.4) is 0 Å². The molecule has 1 fully saturated rings. The number of hydrogen-bond acceptors (Lipinski definition) is 3. The molecule has 1 aliphatic rings. The van der Waals surface area contributed by atoms with Gasteiger partial charge < -0.3 is 5.32 Å². The number of nitrogens with one attached hydrogen (secondary N) is 1. The molecule has 1 atom stereocenters. The molecule has 1 aromatic heterocycles. The van der Waals surface area contributed by atoms with Crippen LogP contribution >= 0.6 is 11.8 Å². The maximum atomic E-state index is 4.47. The molecule has 0 aromatic carbocycles. The number of nitrogens with zero attached hydrogens (tertiary/aromatic N) is 1. The van der Waals surface area contributed by atoms with Crippen molar-refractivity contribution in [2.45, 2.75) is 37.3 Å². The minimum absolute atomic E-state index is 0.534. The fourth-order valence-electron chi connectivity index (χ4n) is 1.97. The van der Waals surface area contributed by atoms with Crippen molar-refractivity contribution in [1.29, 1.82) is 0 Å². The molecule has 15 heavy (non-hydrogen) atoms. The predicted molar refractivity (Wildman–Crippen MR) is 65.2 cm³/mol. The molecule has 3 heteroatoms. The van der Waals surface area contributed by atoms with Crippen molar-refractivity contribution in [3.63, 3.8) is 0 Å². The lowest BCUT2D eigenvalue weighted by atomic mass is 9.99. The number of pyridine rings is 1. The van der Waals surface area contributed by atoms with Gasteiger partial charge in [0.2, 0.25) is 0 Å². The predicted octanol–water partition coefficient (Wildman–Crippen LogP) is 3.01. The topological polar surface area (TPSA) is 24.9 Å². The van der Waals surface area contributed by atoms with Gasteiger partial charge in [-0.05, 0) is 36.8 Å². The third kappa shape index (κ3) is 2.95. The first-order valence-corrected chi connectivity index (χ1v) is 6.71. The summed E-state index contributed by atoms with van der Waals surface area (Å²) >= 11 is 1.80. The van der Waals surface area contributed by atoms with Gasteiger partial charge >= 0.3 is 0 Å². The Labute approximate surface area is 95.9 Å². The van der Waals surface area contributed by atoms with Crippen LogP contribution in [0.4, 0.5) is 0 Å². The largest absolute Gasteiger partial charge is 0.310 e. The molecule has 0 unspecified atom stereocenters. The first-order valence-electron chi connectivity index (χ1n) is 5.72. The van der Waals surface area contributed by atoms with E-state index < -0.39 is 0 Å². The monoisotopic (exact) mass is 222 g/mol. The van der Waals surface area contributed by atoms with Crippen molar-refractivity contribution in [2.24, 2.45) is 0 Å². The Morgan fingerprint density at radius 2 is 2.40 bits per heavy atom. The highest BCUT2D eigenvalue weighted by Crippen LogP contribution is 2.23. The zero-order valence-electron chi connectivity index (χ0n) is 9.20. The van der Waals surface area contributed by atoms with Gasteiger partial charge in [-0.15, -0.1) is 11.8 Å². The molecule has 1 aromatic rings. The van der Waals surface area contributed by atoms with Gasteiger partial charge in [0.15, 0.2) is 0 Å². The molecular formula is C12H18N2S. The molecule has 1 N–H and O–H groups in total. The summed E-state index contributed by atoms with van der Waals surface area (Å²) in [6.45, 7) is 3.30. The Balaban J connectivity index is 2.02. The van der Waals surface area contributed by atoms with E-state index in [1.165, 1.54) is 24.8 Å². The average Bonchev–Trinajstić information content (AvgIpc) is 2.32. The first kappa shape index (κ1) is 11.0. The molecular weight excluding hydrogens is 204 g/mol. The average molecular weight is 222 g/mol. The van der Waals surface area contributed by atoms with Crippen molar-refractivity contribution < 1.29 is 0 Å². The second-order valence-corrected chi connectivity index (χ2v) is 5.15. The zero-order valence-corrected chi connectivity index (χ0v) is 10.0. The lowest BCUT2D eigenvalue weighted by Crippen LogP contribution is -2.26. The SMILES string of the molecule is CCSc1ccc([C@@H]2CCCCN2)cn1. The molecule has 0 saturated carbocycles. The minimum atomic E-state index is 0.534. The number of aromatic nitrogens is 1. The molecule has 0 bridgehead atoms. The van der Waals surface area contributed by atoms with Crippen molar-refractivity contribution in [1.82, 2.24) is 10.3 Å². The van der Waals surface area contributed by atoms with Crippen LogP contribution in [0.1, 0.15) is 37.8 Å². The smallest absolute Gasteiger partial charge is 0.0959 e. The van der Waals surface area contributed by atoms with Crippen LogP contribution in [0.5, 0.6) is 0 Å². The van der Waals surface area contributed by atoms with E-state index >= 15 is 0 Å².